The van der Waals surface area contributed by atoms with Gasteiger partial charge in [-0.3, -0.25) is 4.90 Å². The van der Waals surface area contributed by atoms with Crippen LogP contribution in [-0.2, 0) is 0 Å². The second kappa shape index (κ2) is 11.5. The molecule has 1 fully saturated rings. The summed E-state index contributed by atoms with van der Waals surface area (Å²) in [4.78, 5) is 6.15. The molecule has 36 heavy (non-hydrogen) atoms. The van der Waals surface area contributed by atoms with Gasteiger partial charge in [-0.1, -0.05) is 13.8 Å². The highest BCUT2D eigenvalue weighted by Gasteiger charge is 2.31. The minimum atomic E-state index is -2.76. The Balaban J connectivity index is 1.64. The number of nitrogens with zero attached hydrogens (tertiary/aromatic N) is 5. The number of rotatable bonds is 8. The van der Waals surface area contributed by atoms with E-state index in [-0.39, 0.29) is 11.9 Å². The zero-order chi connectivity index (χ0) is 25.8. The molecule has 2 N–H and O–H groups in total. The number of hydrogen-bond acceptors (Lipinski definition) is 6. The Kier molecular flexibility index (Phi) is 8.38. The SMILES string of the molecule is Cc1cc2c(cnn2-c2ccc(F)cc2)cc1C1CN(SC(/C=N/C(F)F)=C/N)CCN1CC(C)C. The monoisotopic (exact) mass is 516 g/mol. The van der Waals surface area contributed by atoms with Gasteiger partial charge in [0.2, 0.25) is 0 Å². The van der Waals surface area contributed by atoms with Crippen molar-refractivity contribution in [2.75, 3.05) is 26.2 Å². The highest BCUT2D eigenvalue weighted by Crippen LogP contribution is 2.35. The maximum absolute atomic E-state index is 13.4. The smallest absolute Gasteiger partial charge is 0.331 e. The number of alkyl halides is 2. The van der Waals surface area contributed by atoms with Crippen LogP contribution in [0.15, 0.2) is 58.7 Å². The number of nitrogens with two attached hydrogens (primary N) is 1. The molecular weight excluding hydrogens is 485 g/mol. The third-order valence-corrected chi connectivity index (χ3v) is 7.20. The number of allylic oxidation sites excluding steroid dienone is 1. The van der Waals surface area contributed by atoms with E-state index in [0.717, 1.165) is 48.0 Å². The van der Waals surface area contributed by atoms with E-state index in [4.69, 9.17) is 5.73 Å². The quantitative estimate of drug-likeness (QED) is 0.242. The van der Waals surface area contributed by atoms with Crippen LogP contribution >= 0.6 is 11.9 Å². The van der Waals surface area contributed by atoms with Crippen LogP contribution < -0.4 is 5.73 Å². The van der Waals surface area contributed by atoms with E-state index in [1.54, 1.807) is 12.1 Å². The van der Waals surface area contributed by atoms with Crippen LogP contribution in [0.3, 0.4) is 0 Å². The summed E-state index contributed by atoms with van der Waals surface area (Å²) < 4.78 is 42.5. The van der Waals surface area contributed by atoms with Gasteiger partial charge in [0.15, 0.2) is 0 Å². The maximum Gasteiger partial charge on any atom is 0.331 e. The Morgan fingerprint density at radius 3 is 2.64 bits per heavy atom. The van der Waals surface area contributed by atoms with Crippen LogP contribution in [0, 0.1) is 18.7 Å². The lowest BCUT2D eigenvalue weighted by Gasteiger charge is -2.42. The van der Waals surface area contributed by atoms with Crippen LogP contribution in [-0.4, -0.2) is 57.9 Å². The van der Waals surface area contributed by atoms with Crippen molar-refractivity contribution in [3.63, 3.8) is 0 Å². The van der Waals surface area contributed by atoms with E-state index >= 15 is 0 Å². The molecule has 0 saturated carbocycles. The molecule has 1 unspecified atom stereocenters. The molecule has 0 radical (unpaired) electrons. The number of aliphatic imine (C=N–C) groups is 1. The predicted molar refractivity (Wildman–Crippen MR) is 141 cm³/mol. The van der Waals surface area contributed by atoms with E-state index in [9.17, 15) is 13.2 Å². The zero-order valence-electron chi connectivity index (χ0n) is 20.6. The van der Waals surface area contributed by atoms with Crippen molar-refractivity contribution in [1.29, 1.82) is 0 Å². The first-order valence-corrected chi connectivity index (χ1v) is 12.7. The molecule has 192 valence electrons. The second-order valence-corrected chi connectivity index (χ2v) is 10.5. The Morgan fingerprint density at radius 2 is 1.97 bits per heavy atom. The lowest BCUT2D eigenvalue weighted by molar-refractivity contribution is 0.110. The highest BCUT2D eigenvalue weighted by molar-refractivity contribution is 8.01. The van der Waals surface area contributed by atoms with E-state index in [2.05, 4.69) is 52.2 Å². The van der Waals surface area contributed by atoms with Gasteiger partial charge in [-0.05, 0) is 72.3 Å². The number of piperazine rings is 1. The third kappa shape index (κ3) is 6.11. The summed E-state index contributed by atoms with van der Waals surface area (Å²) in [5.41, 5.74) is 9.76. The second-order valence-electron chi connectivity index (χ2n) is 9.31. The molecule has 1 aliphatic heterocycles. The first-order valence-electron chi connectivity index (χ1n) is 11.9. The van der Waals surface area contributed by atoms with Crippen molar-refractivity contribution < 1.29 is 13.2 Å². The molecule has 10 heteroatoms. The van der Waals surface area contributed by atoms with E-state index < -0.39 is 6.55 Å². The molecule has 6 nitrogen and oxygen atoms in total. The average molecular weight is 517 g/mol. The first-order chi connectivity index (χ1) is 17.2. The van der Waals surface area contributed by atoms with Gasteiger partial charge in [0.25, 0.3) is 0 Å². The molecule has 3 aromatic rings. The Hall–Kier alpha value is -2.82. The van der Waals surface area contributed by atoms with Gasteiger partial charge in [0.1, 0.15) is 5.82 Å². The number of aryl methyl sites for hydroxylation is 1. The average Bonchev–Trinajstić information content (AvgIpc) is 3.24. The third-order valence-electron chi connectivity index (χ3n) is 6.15. The maximum atomic E-state index is 13.4. The minimum Gasteiger partial charge on any atom is -0.404 e. The summed E-state index contributed by atoms with van der Waals surface area (Å²) in [5, 5.41) is 5.56. The van der Waals surface area contributed by atoms with Crippen LogP contribution in [0.5, 0.6) is 0 Å². The highest BCUT2D eigenvalue weighted by atomic mass is 32.2. The summed E-state index contributed by atoms with van der Waals surface area (Å²) in [6.45, 7) is 7.01. The van der Waals surface area contributed by atoms with Crippen LogP contribution in [0.4, 0.5) is 13.2 Å². The van der Waals surface area contributed by atoms with Gasteiger partial charge in [-0.2, -0.15) is 13.9 Å². The Bertz CT molecular complexity index is 1240. The summed E-state index contributed by atoms with van der Waals surface area (Å²) >= 11 is 1.35. The molecule has 1 saturated heterocycles. The Labute approximate surface area is 213 Å². The molecule has 1 aliphatic rings. The topological polar surface area (TPSA) is 62.7 Å². The van der Waals surface area contributed by atoms with E-state index in [0.29, 0.717) is 17.4 Å². The largest absolute Gasteiger partial charge is 0.404 e. The molecule has 1 atom stereocenters. The standard InChI is InChI=1S/C26H31F3N6S/c1-17(2)15-33-8-9-34(36-22(12-30)14-31-26(28)29)16-25(33)23-11-19-13-32-35(24(19)10-18(23)3)21-6-4-20(27)5-7-21/h4-7,10-14,17,25-26H,8-9,15-16,30H2,1-3H3/b22-12+,31-14+. The van der Waals surface area contributed by atoms with Gasteiger partial charge < -0.3 is 5.73 Å². The summed E-state index contributed by atoms with van der Waals surface area (Å²) in [5.74, 6) is 0.210. The summed E-state index contributed by atoms with van der Waals surface area (Å²) in [7, 11) is 0. The van der Waals surface area contributed by atoms with Crippen molar-refractivity contribution in [2.45, 2.75) is 33.4 Å². The number of aromatic nitrogens is 2. The van der Waals surface area contributed by atoms with Crippen molar-refractivity contribution in [3.8, 4) is 5.69 Å². The van der Waals surface area contributed by atoms with Gasteiger partial charge in [-0.15, -0.1) is 0 Å². The molecule has 0 amide bonds. The molecular formula is C26H31F3N6S. The molecule has 0 aliphatic carbocycles. The summed E-state index contributed by atoms with van der Waals surface area (Å²) in [6, 6.07) is 10.7. The normalized spacial score (nSPS) is 18.3. The minimum absolute atomic E-state index is 0.110. The molecule has 2 heterocycles. The summed E-state index contributed by atoms with van der Waals surface area (Å²) in [6.07, 6.45) is 4.28. The van der Waals surface area contributed by atoms with Crippen LogP contribution in [0.1, 0.15) is 31.0 Å². The fraction of sp³-hybridized carbons (Fsp3) is 0.385. The number of benzene rings is 2. The van der Waals surface area contributed by atoms with Gasteiger partial charge in [0.05, 0.1) is 22.3 Å². The molecule has 0 bridgehead atoms. The van der Waals surface area contributed by atoms with Crippen molar-refractivity contribution in [1.82, 2.24) is 19.0 Å². The van der Waals surface area contributed by atoms with Gasteiger partial charge in [0, 0.05) is 50.0 Å². The van der Waals surface area contributed by atoms with Crippen molar-refractivity contribution in [2.24, 2.45) is 16.6 Å². The fourth-order valence-electron chi connectivity index (χ4n) is 4.58. The molecule has 1 aromatic heterocycles. The Morgan fingerprint density at radius 1 is 1.22 bits per heavy atom. The number of hydrogen-bond donors (Lipinski definition) is 1. The lowest BCUT2D eigenvalue weighted by atomic mass is 9.96. The number of halogens is 3. The first kappa shape index (κ1) is 26.2. The van der Waals surface area contributed by atoms with Crippen molar-refractivity contribution >= 4 is 29.1 Å². The number of fused-ring (bicyclic) bond motifs is 1. The zero-order valence-corrected chi connectivity index (χ0v) is 21.4. The predicted octanol–water partition coefficient (Wildman–Crippen LogP) is 5.53. The van der Waals surface area contributed by atoms with Crippen LogP contribution in [0.25, 0.3) is 16.6 Å². The molecule has 0 spiro atoms. The molecule has 4 rings (SSSR count). The van der Waals surface area contributed by atoms with Gasteiger partial charge in [-0.25, -0.2) is 18.4 Å². The lowest BCUT2D eigenvalue weighted by Crippen LogP contribution is -2.47. The molecule has 2 aromatic carbocycles. The van der Waals surface area contributed by atoms with E-state index in [1.807, 2.05) is 10.9 Å². The van der Waals surface area contributed by atoms with Gasteiger partial charge >= 0.3 is 6.55 Å². The van der Waals surface area contributed by atoms with Crippen molar-refractivity contribution in [3.05, 3.63) is 70.6 Å². The van der Waals surface area contributed by atoms with Crippen LogP contribution in [0.2, 0.25) is 0 Å². The fourth-order valence-corrected chi connectivity index (χ4v) is 5.44. The van der Waals surface area contributed by atoms with E-state index in [1.165, 1.54) is 35.8 Å².